The van der Waals surface area contributed by atoms with E-state index in [1.807, 2.05) is 26.0 Å². The van der Waals surface area contributed by atoms with Gasteiger partial charge in [-0.25, -0.2) is 4.79 Å². The third kappa shape index (κ3) is 3.49. The maximum Gasteiger partial charge on any atom is 0.336 e. The lowest BCUT2D eigenvalue weighted by atomic mass is 10.0. The number of carboxylic acids is 1. The van der Waals surface area contributed by atoms with E-state index in [1.165, 1.54) is 6.07 Å². The van der Waals surface area contributed by atoms with E-state index in [9.17, 15) is 14.7 Å². The zero-order chi connectivity index (χ0) is 15.6. The van der Waals surface area contributed by atoms with E-state index >= 15 is 0 Å². The molecule has 0 heterocycles. The molecule has 0 aliphatic heterocycles. The van der Waals surface area contributed by atoms with Gasteiger partial charge in [0, 0.05) is 10.2 Å². The summed E-state index contributed by atoms with van der Waals surface area (Å²) >= 11 is 3.36. The Morgan fingerprint density at radius 2 is 1.76 bits per heavy atom. The number of carbonyl (C=O) groups is 2. The molecule has 2 rings (SSSR count). The fourth-order valence-electron chi connectivity index (χ4n) is 1.99. The summed E-state index contributed by atoms with van der Waals surface area (Å²) in [5.41, 5.74) is 2.53. The van der Waals surface area contributed by atoms with Crippen molar-refractivity contribution in [3.63, 3.8) is 0 Å². The third-order valence-electron chi connectivity index (χ3n) is 3.09. The predicted molar refractivity (Wildman–Crippen MR) is 85.0 cm³/mol. The van der Waals surface area contributed by atoms with Gasteiger partial charge in [-0.3, -0.25) is 4.79 Å². The number of hydrogen-bond acceptors (Lipinski definition) is 2. The van der Waals surface area contributed by atoms with Crippen LogP contribution in [0.2, 0.25) is 0 Å². The van der Waals surface area contributed by atoms with Gasteiger partial charge in [0.15, 0.2) is 0 Å². The Kier molecular flexibility index (Phi) is 4.43. The average molecular weight is 348 g/mol. The Morgan fingerprint density at radius 3 is 2.38 bits per heavy atom. The van der Waals surface area contributed by atoms with E-state index in [0.29, 0.717) is 5.69 Å². The van der Waals surface area contributed by atoms with Gasteiger partial charge in [-0.05, 0) is 49.7 Å². The zero-order valence-corrected chi connectivity index (χ0v) is 13.2. The molecule has 0 bridgehead atoms. The molecular weight excluding hydrogens is 334 g/mol. The number of carbonyl (C=O) groups excluding carboxylic acids is 1. The topological polar surface area (TPSA) is 66.4 Å². The molecule has 0 aliphatic carbocycles. The number of rotatable bonds is 3. The van der Waals surface area contributed by atoms with Crippen molar-refractivity contribution in [2.75, 3.05) is 5.32 Å². The van der Waals surface area contributed by atoms with Gasteiger partial charge in [0.25, 0.3) is 5.91 Å². The molecule has 0 unspecified atom stereocenters. The molecule has 0 atom stereocenters. The van der Waals surface area contributed by atoms with Crippen molar-refractivity contribution in [2.45, 2.75) is 13.8 Å². The second kappa shape index (κ2) is 6.10. The van der Waals surface area contributed by atoms with E-state index < -0.39 is 11.9 Å². The number of nitrogens with one attached hydrogen (secondary N) is 1. The molecule has 108 valence electrons. The molecule has 2 aromatic rings. The molecule has 5 heteroatoms. The summed E-state index contributed by atoms with van der Waals surface area (Å²) in [5.74, 6) is -1.55. The van der Waals surface area contributed by atoms with Crippen LogP contribution >= 0.6 is 15.9 Å². The molecule has 0 aliphatic rings. The summed E-state index contributed by atoms with van der Waals surface area (Å²) in [6.45, 7) is 3.68. The SMILES string of the molecule is Cc1ccc(C(=O)O)c(C(=O)Nc2ccc(Br)cc2C)c1. The first-order chi connectivity index (χ1) is 9.88. The number of halogens is 1. The quantitative estimate of drug-likeness (QED) is 0.881. The highest BCUT2D eigenvalue weighted by Crippen LogP contribution is 2.21. The summed E-state index contributed by atoms with van der Waals surface area (Å²) in [5, 5.41) is 11.9. The zero-order valence-electron chi connectivity index (χ0n) is 11.6. The maximum absolute atomic E-state index is 12.3. The molecule has 2 aromatic carbocycles. The van der Waals surface area contributed by atoms with E-state index in [0.717, 1.165) is 15.6 Å². The Balaban J connectivity index is 2.36. The number of anilines is 1. The molecule has 21 heavy (non-hydrogen) atoms. The Bertz CT molecular complexity index is 725. The van der Waals surface area contributed by atoms with Gasteiger partial charge in [-0.1, -0.05) is 27.6 Å². The fourth-order valence-corrected chi connectivity index (χ4v) is 2.46. The van der Waals surface area contributed by atoms with Crippen LogP contribution in [0.5, 0.6) is 0 Å². The normalized spacial score (nSPS) is 10.2. The van der Waals surface area contributed by atoms with E-state index in [4.69, 9.17) is 0 Å². The Morgan fingerprint density at radius 1 is 1.05 bits per heavy atom. The van der Waals surface area contributed by atoms with Crippen LogP contribution < -0.4 is 5.32 Å². The number of aromatic carboxylic acids is 1. The molecule has 0 radical (unpaired) electrons. The summed E-state index contributed by atoms with van der Waals surface area (Å²) in [7, 11) is 0. The highest BCUT2D eigenvalue weighted by molar-refractivity contribution is 9.10. The van der Waals surface area contributed by atoms with Gasteiger partial charge < -0.3 is 10.4 Å². The van der Waals surface area contributed by atoms with Crippen molar-refractivity contribution >= 4 is 33.5 Å². The van der Waals surface area contributed by atoms with Crippen LogP contribution in [0.4, 0.5) is 5.69 Å². The highest BCUT2D eigenvalue weighted by Gasteiger charge is 2.17. The van der Waals surface area contributed by atoms with Crippen LogP contribution in [-0.4, -0.2) is 17.0 Å². The monoisotopic (exact) mass is 347 g/mol. The largest absolute Gasteiger partial charge is 0.478 e. The molecule has 0 saturated heterocycles. The van der Waals surface area contributed by atoms with Gasteiger partial charge in [-0.15, -0.1) is 0 Å². The molecule has 0 aromatic heterocycles. The number of carboxylic acid groups (broad SMARTS) is 1. The van der Waals surface area contributed by atoms with E-state index in [-0.39, 0.29) is 11.1 Å². The standard InChI is InChI=1S/C16H14BrNO3/c1-9-3-5-12(16(20)21)13(7-9)15(19)18-14-6-4-11(17)8-10(14)2/h3-8H,1-2H3,(H,18,19)(H,20,21). The lowest BCUT2D eigenvalue weighted by Crippen LogP contribution is -2.17. The van der Waals surface area contributed by atoms with Crippen LogP contribution in [0, 0.1) is 13.8 Å². The van der Waals surface area contributed by atoms with Crippen LogP contribution in [-0.2, 0) is 0 Å². The fraction of sp³-hybridized carbons (Fsp3) is 0.125. The van der Waals surface area contributed by atoms with Gasteiger partial charge >= 0.3 is 5.97 Å². The van der Waals surface area contributed by atoms with Crippen molar-refractivity contribution in [3.8, 4) is 0 Å². The lowest BCUT2D eigenvalue weighted by molar-refractivity contribution is 0.0692. The average Bonchev–Trinajstić information content (AvgIpc) is 2.41. The van der Waals surface area contributed by atoms with Crippen molar-refractivity contribution in [1.29, 1.82) is 0 Å². The number of benzene rings is 2. The predicted octanol–water partition coefficient (Wildman–Crippen LogP) is 4.02. The first-order valence-corrected chi connectivity index (χ1v) is 7.09. The van der Waals surface area contributed by atoms with Crippen LogP contribution in [0.15, 0.2) is 40.9 Å². The summed E-state index contributed by atoms with van der Waals surface area (Å²) in [6.07, 6.45) is 0. The number of hydrogen-bond donors (Lipinski definition) is 2. The molecule has 0 fully saturated rings. The van der Waals surface area contributed by atoms with E-state index in [1.54, 1.807) is 18.2 Å². The molecule has 1 amide bonds. The van der Waals surface area contributed by atoms with Crippen molar-refractivity contribution in [3.05, 3.63) is 63.1 Å². The minimum Gasteiger partial charge on any atom is -0.478 e. The summed E-state index contributed by atoms with van der Waals surface area (Å²) < 4.78 is 0.916. The minimum absolute atomic E-state index is 0.00661. The second-order valence-electron chi connectivity index (χ2n) is 4.77. The summed E-state index contributed by atoms with van der Waals surface area (Å²) in [6, 6.07) is 10.2. The summed E-state index contributed by atoms with van der Waals surface area (Å²) in [4.78, 5) is 23.6. The number of aryl methyl sites for hydroxylation is 2. The molecule has 0 saturated carbocycles. The second-order valence-corrected chi connectivity index (χ2v) is 5.68. The van der Waals surface area contributed by atoms with E-state index in [2.05, 4.69) is 21.2 Å². The highest BCUT2D eigenvalue weighted by atomic mass is 79.9. The first-order valence-electron chi connectivity index (χ1n) is 6.30. The van der Waals surface area contributed by atoms with Gasteiger partial charge in [0.2, 0.25) is 0 Å². The van der Waals surface area contributed by atoms with Gasteiger partial charge in [-0.2, -0.15) is 0 Å². The van der Waals surface area contributed by atoms with Crippen LogP contribution in [0.1, 0.15) is 31.8 Å². The molecule has 0 spiro atoms. The van der Waals surface area contributed by atoms with Crippen molar-refractivity contribution < 1.29 is 14.7 Å². The van der Waals surface area contributed by atoms with Crippen LogP contribution in [0.25, 0.3) is 0 Å². The van der Waals surface area contributed by atoms with Gasteiger partial charge in [0.05, 0.1) is 11.1 Å². The molecule has 4 nitrogen and oxygen atoms in total. The lowest BCUT2D eigenvalue weighted by Gasteiger charge is -2.11. The van der Waals surface area contributed by atoms with Crippen molar-refractivity contribution in [1.82, 2.24) is 0 Å². The number of amides is 1. The molecular formula is C16H14BrNO3. The maximum atomic E-state index is 12.3. The minimum atomic E-state index is -1.12. The first kappa shape index (κ1) is 15.3. The Labute approximate surface area is 130 Å². The van der Waals surface area contributed by atoms with Crippen LogP contribution in [0.3, 0.4) is 0 Å². The molecule has 2 N–H and O–H groups in total. The smallest absolute Gasteiger partial charge is 0.336 e. The van der Waals surface area contributed by atoms with Gasteiger partial charge in [0.1, 0.15) is 0 Å². The Hall–Kier alpha value is -2.14. The third-order valence-corrected chi connectivity index (χ3v) is 3.58. The van der Waals surface area contributed by atoms with Crippen molar-refractivity contribution in [2.24, 2.45) is 0 Å².